The van der Waals surface area contributed by atoms with Gasteiger partial charge >= 0.3 is 5.69 Å². The number of anilines is 4. The van der Waals surface area contributed by atoms with Crippen molar-refractivity contribution < 1.29 is 4.92 Å². The highest BCUT2D eigenvalue weighted by Gasteiger charge is 2.24. The molecule has 132 valence electrons. The van der Waals surface area contributed by atoms with Crippen LogP contribution in [0.4, 0.5) is 28.8 Å². The van der Waals surface area contributed by atoms with Crippen molar-refractivity contribution in [1.82, 2.24) is 15.0 Å². The summed E-state index contributed by atoms with van der Waals surface area (Å²) in [5.74, 6) is 0.497. The van der Waals surface area contributed by atoms with Crippen molar-refractivity contribution in [2.24, 2.45) is 0 Å². The summed E-state index contributed by atoms with van der Waals surface area (Å²) in [5.41, 5.74) is 1.08. The van der Waals surface area contributed by atoms with Gasteiger partial charge in [0.2, 0.25) is 11.6 Å². The number of nitrogens with zero attached hydrogens (tertiary/aromatic N) is 4. The number of rotatable bonds is 5. The zero-order chi connectivity index (χ0) is 18.7. The molecule has 8 nitrogen and oxygen atoms in total. The van der Waals surface area contributed by atoms with Crippen LogP contribution < -0.4 is 10.6 Å². The predicted octanol–water partition coefficient (Wildman–Crippen LogP) is 4.99. The second-order valence-electron chi connectivity index (χ2n) is 5.20. The summed E-state index contributed by atoms with van der Waals surface area (Å²) in [4.78, 5) is 23.2. The molecule has 0 spiro atoms. The van der Waals surface area contributed by atoms with Gasteiger partial charge in [-0.2, -0.15) is 0 Å². The van der Waals surface area contributed by atoms with Crippen LogP contribution in [0.2, 0.25) is 5.02 Å². The number of aromatic nitrogens is 3. The van der Waals surface area contributed by atoms with E-state index < -0.39 is 4.92 Å². The summed E-state index contributed by atoms with van der Waals surface area (Å²) in [7, 11) is 0. The molecule has 3 rings (SSSR count). The van der Waals surface area contributed by atoms with E-state index in [2.05, 4.69) is 41.5 Å². The molecule has 1 aromatic carbocycles. The van der Waals surface area contributed by atoms with Gasteiger partial charge in [0.1, 0.15) is 12.1 Å². The van der Waals surface area contributed by atoms with Crippen LogP contribution in [0, 0.1) is 17.0 Å². The minimum Gasteiger partial charge on any atom is -0.334 e. The molecule has 2 aromatic heterocycles. The maximum absolute atomic E-state index is 11.6. The third-order valence-electron chi connectivity index (χ3n) is 3.50. The third-order valence-corrected chi connectivity index (χ3v) is 4.38. The number of hydrogen-bond acceptors (Lipinski definition) is 7. The first-order valence-corrected chi connectivity index (χ1v) is 8.53. The molecular formula is C16H12BrClN6O2. The van der Waals surface area contributed by atoms with Crippen LogP contribution in [-0.4, -0.2) is 19.9 Å². The van der Waals surface area contributed by atoms with Crippen LogP contribution in [0.15, 0.2) is 47.3 Å². The lowest BCUT2D eigenvalue weighted by Crippen LogP contribution is -2.06. The van der Waals surface area contributed by atoms with Gasteiger partial charge in [-0.15, -0.1) is 0 Å². The maximum Gasteiger partial charge on any atom is 0.353 e. The highest BCUT2D eigenvalue weighted by Crippen LogP contribution is 2.34. The standard InChI is InChI=1S/C16H12BrClN6O2/c1-9-11(18)3-2-4-12(9)22-15-14(24(25)26)16(21-8-20-15)23-13-6-5-10(17)7-19-13/h2-8H,1H3,(H2,19,20,21,22,23). The van der Waals surface area contributed by atoms with Gasteiger partial charge < -0.3 is 10.6 Å². The summed E-state index contributed by atoms with van der Waals surface area (Å²) in [6, 6.07) is 8.68. The molecule has 0 radical (unpaired) electrons. The maximum atomic E-state index is 11.6. The van der Waals surface area contributed by atoms with Gasteiger partial charge in [0.25, 0.3) is 0 Å². The van der Waals surface area contributed by atoms with Gasteiger partial charge in [0.05, 0.1) is 4.92 Å². The minimum atomic E-state index is -0.552. The van der Waals surface area contributed by atoms with Crippen LogP contribution in [0.1, 0.15) is 5.56 Å². The van der Waals surface area contributed by atoms with Crippen LogP contribution in [0.25, 0.3) is 0 Å². The Morgan fingerprint density at radius 3 is 2.50 bits per heavy atom. The molecule has 0 aliphatic rings. The zero-order valence-corrected chi connectivity index (χ0v) is 15.7. The van der Waals surface area contributed by atoms with E-state index in [1.54, 1.807) is 36.5 Å². The van der Waals surface area contributed by atoms with Crippen molar-refractivity contribution in [2.75, 3.05) is 10.6 Å². The molecule has 0 saturated heterocycles. The molecular weight excluding hydrogens is 424 g/mol. The summed E-state index contributed by atoms with van der Waals surface area (Å²) in [5, 5.41) is 18.0. The SMILES string of the molecule is Cc1c(Cl)cccc1Nc1ncnc(Nc2ccc(Br)cn2)c1[N+](=O)[O-]. The molecule has 0 fully saturated rings. The second kappa shape index (κ2) is 7.63. The van der Waals surface area contributed by atoms with Gasteiger partial charge in [-0.25, -0.2) is 15.0 Å². The topological polar surface area (TPSA) is 106 Å². The first-order chi connectivity index (χ1) is 12.5. The molecule has 0 bridgehead atoms. The third kappa shape index (κ3) is 3.89. The number of nitrogens with one attached hydrogen (secondary N) is 2. The average molecular weight is 436 g/mol. The Labute approximate surface area is 161 Å². The number of nitro groups is 1. The van der Waals surface area contributed by atoms with E-state index in [0.717, 1.165) is 10.0 Å². The van der Waals surface area contributed by atoms with Crippen LogP contribution in [-0.2, 0) is 0 Å². The molecule has 0 atom stereocenters. The quantitative estimate of drug-likeness (QED) is 0.429. The van der Waals surface area contributed by atoms with E-state index in [1.165, 1.54) is 6.33 Å². The van der Waals surface area contributed by atoms with Gasteiger partial charge in [-0.05, 0) is 52.7 Å². The van der Waals surface area contributed by atoms with E-state index >= 15 is 0 Å². The fourth-order valence-electron chi connectivity index (χ4n) is 2.18. The van der Waals surface area contributed by atoms with Gasteiger partial charge in [-0.1, -0.05) is 17.7 Å². The lowest BCUT2D eigenvalue weighted by Gasteiger charge is -2.12. The lowest BCUT2D eigenvalue weighted by atomic mass is 10.2. The highest BCUT2D eigenvalue weighted by atomic mass is 79.9. The molecule has 2 heterocycles. The summed E-state index contributed by atoms with van der Waals surface area (Å²) >= 11 is 9.39. The Balaban J connectivity index is 1.99. The Hall–Kier alpha value is -2.78. The lowest BCUT2D eigenvalue weighted by molar-refractivity contribution is -0.383. The van der Waals surface area contributed by atoms with E-state index in [4.69, 9.17) is 11.6 Å². The van der Waals surface area contributed by atoms with E-state index in [-0.39, 0.29) is 17.3 Å². The molecule has 10 heteroatoms. The summed E-state index contributed by atoms with van der Waals surface area (Å²) < 4.78 is 0.791. The molecule has 0 aliphatic heterocycles. The summed E-state index contributed by atoms with van der Waals surface area (Å²) in [6.07, 6.45) is 2.81. The predicted molar refractivity (Wildman–Crippen MR) is 103 cm³/mol. The van der Waals surface area contributed by atoms with Crippen molar-refractivity contribution >= 4 is 56.4 Å². The van der Waals surface area contributed by atoms with E-state index in [1.807, 2.05) is 6.92 Å². The highest BCUT2D eigenvalue weighted by molar-refractivity contribution is 9.10. The minimum absolute atomic E-state index is 0.0296. The van der Waals surface area contributed by atoms with Crippen molar-refractivity contribution in [1.29, 1.82) is 0 Å². The smallest absolute Gasteiger partial charge is 0.334 e. The molecule has 0 unspecified atom stereocenters. The van der Waals surface area contributed by atoms with Crippen molar-refractivity contribution in [2.45, 2.75) is 6.92 Å². The molecule has 0 amide bonds. The molecule has 0 saturated carbocycles. The Morgan fingerprint density at radius 1 is 1.12 bits per heavy atom. The van der Waals surface area contributed by atoms with Crippen LogP contribution >= 0.6 is 27.5 Å². The Morgan fingerprint density at radius 2 is 1.85 bits per heavy atom. The van der Waals surface area contributed by atoms with E-state index in [0.29, 0.717) is 16.5 Å². The second-order valence-corrected chi connectivity index (χ2v) is 6.52. The molecule has 26 heavy (non-hydrogen) atoms. The first kappa shape index (κ1) is 18.0. The van der Waals surface area contributed by atoms with Gasteiger partial charge in [-0.3, -0.25) is 10.1 Å². The fourth-order valence-corrected chi connectivity index (χ4v) is 2.59. The van der Waals surface area contributed by atoms with Gasteiger partial charge in [0, 0.05) is 21.4 Å². The largest absolute Gasteiger partial charge is 0.353 e. The van der Waals surface area contributed by atoms with Crippen molar-refractivity contribution in [3.05, 3.63) is 68.0 Å². The molecule has 3 aromatic rings. The zero-order valence-electron chi connectivity index (χ0n) is 13.4. The summed E-state index contributed by atoms with van der Waals surface area (Å²) in [6.45, 7) is 1.81. The normalized spacial score (nSPS) is 10.4. The van der Waals surface area contributed by atoms with E-state index in [9.17, 15) is 10.1 Å². The van der Waals surface area contributed by atoms with Crippen LogP contribution in [0.3, 0.4) is 0 Å². The number of hydrogen-bond donors (Lipinski definition) is 2. The van der Waals surface area contributed by atoms with Crippen molar-refractivity contribution in [3.8, 4) is 0 Å². The Kier molecular flexibility index (Phi) is 5.29. The fraction of sp³-hybridized carbons (Fsp3) is 0.0625. The first-order valence-electron chi connectivity index (χ1n) is 7.36. The van der Waals surface area contributed by atoms with Crippen molar-refractivity contribution in [3.63, 3.8) is 0 Å². The Bertz CT molecular complexity index is 967. The van der Waals surface area contributed by atoms with Crippen LogP contribution in [0.5, 0.6) is 0 Å². The number of pyridine rings is 1. The average Bonchev–Trinajstić information content (AvgIpc) is 2.61. The number of halogens is 2. The molecule has 0 aliphatic carbocycles. The number of benzene rings is 1. The molecule has 2 N–H and O–H groups in total. The van der Waals surface area contributed by atoms with Gasteiger partial charge in [0.15, 0.2) is 0 Å². The monoisotopic (exact) mass is 434 g/mol.